The fourth-order valence-electron chi connectivity index (χ4n) is 4.21. The van der Waals surface area contributed by atoms with Crippen molar-refractivity contribution in [2.24, 2.45) is 0 Å². The van der Waals surface area contributed by atoms with E-state index in [9.17, 15) is 8.42 Å². The van der Waals surface area contributed by atoms with Crippen molar-refractivity contribution in [3.63, 3.8) is 0 Å². The molecule has 1 aliphatic rings. The molecule has 5 rings (SSSR count). The summed E-state index contributed by atoms with van der Waals surface area (Å²) in [6.45, 7) is 2.38. The van der Waals surface area contributed by atoms with Crippen LogP contribution in [0.3, 0.4) is 0 Å². The largest absolute Gasteiger partial charge is 0.462 e. The van der Waals surface area contributed by atoms with Crippen molar-refractivity contribution in [2.45, 2.75) is 30.4 Å². The van der Waals surface area contributed by atoms with Crippen molar-refractivity contribution < 1.29 is 17.9 Å². The minimum absolute atomic E-state index is 0.187. The van der Waals surface area contributed by atoms with Crippen molar-refractivity contribution in [3.05, 3.63) is 89.2 Å². The second kappa shape index (κ2) is 8.24. The molecule has 0 spiro atoms. The van der Waals surface area contributed by atoms with Gasteiger partial charge < -0.3 is 9.47 Å². The SMILES string of the molecule is CCO[C@@H]1C[C@@H](c2ccc(Cl)cc2)c2c(c3cccnc3n2S(=O)(=O)c2ccccc2)O1. The summed E-state index contributed by atoms with van der Waals surface area (Å²) in [4.78, 5) is 4.62. The number of halogens is 1. The van der Waals surface area contributed by atoms with E-state index in [0.29, 0.717) is 40.5 Å². The highest BCUT2D eigenvalue weighted by molar-refractivity contribution is 7.90. The highest BCUT2D eigenvalue weighted by Gasteiger charge is 2.39. The molecule has 164 valence electrons. The zero-order chi connectivity index (χ0) is 22.3. The van der Waals surface area contributed by atoms with Crippen molar-refractivity contribution in [2.75, 3.05) is 6.61 Å². The number of ether oxygens (including phenoxy) is 2. The Morgan fingerprint density at radius 2 is 1.84 bits per heavy atom. The summed E-state index contributed by atoms with van der Waals surface area (Å²) < 4.78 is 41.0. The van der Waals surface area contributed by atoms with Crippen molar-refractivity contribution in [1.29, 1.82) is 0 Å². The second-order valence-electron chi connectivity index (χ2n) is 7.51. The van der Waals surface area contributed by atoms with E-state index in [0.717, 1.165) is 5.56 Å². The number of hydrogen-bond donors (Lipinski definition) is 0. The molecule has 2 atom stereocenters. The van der Waals surface area contributed by atoms with Crippen molar-refractivity contribution in [1.82, 2.24) is 8.96 Å². The van der Waals surface area contributed by atoms with Crippen molar-refractivity contribution in [3.8, 4) is 5.75 Å². The molecule has 2 aromatic carbocycles. The zero-order valence-electron chi connectivity index (χ0n) is 17.3. The fraction of sp³-hybridized carbons (Fsp3) is 0.208. The first-order valence-corrected chi connectivity index (χ1v) is 12.2. The molecule has 0 fully saturated rings. The van der Waals surface area contributed by atoms with Gasteiger partial charge in [0, 0.05) is 30.2 Å². The lowest BCUT2D eigenvalue weighted by atomic mass is 9.90. The quantitative estimate of drug-likeness (QED) is 0.402. The highest BCUT2D eigenvalue weighted by Crippen LogP contribution is 2.47. The number of aromatic nitrogens is 2. The standard InChI is InChI=1S/C24H21ClN2O4S/c1-2-30-21-15-20(16-10-12-17(25)13-11-16)22-23(31-21)19-9-6-14-26-24(19)27(22)32(28,29)18-7-4-3-5-8-18/h3-14,20-21H,2,15H2,1H3/t20-,21-/m0/s1. The number of hydrogen-bond acceptors (Lipinski definition) is 5. The van der Waals surface area contributed by atoms with Crippen LogP contribution in [0.2, 0.25) is 5.02 Å². The summed E-state index contributed by atoms with van der Waals surface area (Å²) in [5, 5.41) is 1.24. The summed E-state index contributed by atoms with van der Waals surface area (Å²) in [6.07, 6.45) is 1.54. The molecular formula is C24H21ClN2O4S. The molecule has 32 heavy (non-hydrogen) atoms. The maximum Gasteiger partial charge on any atom is 0.269 e. The first-order chi connectivity index (χ1) is 15.5. The summed E-state index contributed by atoms with van der Waals surface area (Å²) in [5.74, 6) is 0.192. The van der Waals surface area contributed by atoms with Gasteiger partial charge in [0.05, 0.1) is 16.0 Å². The van der Waals surface area contributed by atoms with Gasteiger partial charge in [-0.15, -0.1) is 0 Å². The van der Waals surface area contributed by atoms with Gasteiger partial charge in [0.2, 0.25) is 6.29 Å². The first kappa shape index (κ1) is 21.0. The summed E-state index contributed by atoms with van der Waals surface area (Å²) in [5.41, 5.74) is 1.80. The zero-order valence-corrected chi connectivity index (χ0v) is 18.9. The van der Waals surface area contributed by atoms with E-state index < -0.39 is 16.3 Å². The predicted molar refractivity (Wildman–Crippen MR) is 123 cm³/mol. The Labute approximate surface area is 191 Å². The van der Waals surface area contributed by atoms with E-state index in [1.807, 2.05) is 25.1 Å². The van der Waals surface area contributed by atoms with Crippen LogP contribution < -0.4 is 4.74 Å². The molecule has 3 heterocycles. The molecule has 6 nitrogen and oxygen atoms in total. The molecule has 0 amide bonds. The van der Waals surface area contributed by atoms with Gasteiger partial charge in [0.15, 0.2) is 11.4 Å². The minimum atomic E-state index is -3.94. The molecule has 4 aromatic rings. The van der Waals surface area contributed by atoms with Gasteiger partial charge >= 0.3 is 0 Å². The molecule has 0 unspecified atom stereocenters. The third-order valence-electron chi connectivity index (χ3n) is 5.59. The molecule has 1 aliphatic heterocycles. The second-order valence-corrected chi connectivity index (χ2v) is 9.74. The third-order valence-corrected chi connectivity index (χ3v) is 7.56. The van der Waals surface area contributed by atoms with Gasteiger partial charge in [-0.25, -0.2) is 17.4 Å². The topological polar surface area (TPSA) is 70.4 Å². The van der Waals surface area contributed by atoms with Crippen LogP contribution >= 0.6 is 11.6 Å². The monoisotopic (exact) mass is 468 g/mol. The highest BCUT2D eigenvalue weighted by atomic mass is 35.5. The number of pyridine rings is 1. The van der Waals surface area contributed by atoms with E-state index in [2.05, 4.69) is 4.98 Å². The molecule has 0 radical (unpaired) electrons. The fourth-order valence-corrected chi connectivity index (χ4v) is 5.89. The summed E-state index contributed by atoms with van der Waals surface area (Å²) in [6, 6.07) is 19.4. The van der Waals surface area contributed by atoms with Gasteiger partial charge in [-0.05, 0) is 48.9 Å². The number of fused-ring (bicyclic) bond motifs is 3. The first-order valence-electron chi connectivity index (χ1n) is 10.3. The molecular weight excluding hydrogens is 448 g/mol. The lowest BCUT2D eigenvalue weighted by Gasteiger charge is -2.31. The Hall–Kier alpha value is -2.87. The van der Waals surface area contributed by atoms with Crippen LogP contribution in [0, 0.1) is 0 Å². The maximum absolute atomic E-state index is 13.8. The lowest BCUT2D eigenvalue weighted by Crippen LogP contribution is -2.31. The normalized spacial score (nSPS) is 18.3. The molecule has 0 N–H and O–H groups in total. The van der Waals surface area contributed by atoms with Gasteiger partial charge in [0.1, 0.15) is 0 Å². The summed E-state index contributed by atoms with van der Waals surface area (Å²) in [7, 11) is -3.94. The molecule has 0 aliphatic carbocycles. The van der Waals surface area contributed by atoms with Crippen LogP contribution in [0.5, 0.6) is 5.75 Å². The molecule has 0 saturated heterocycles. The van der Waals surface area contributed by atoms with E-state index in [1.54, 1.807) is 54.7 Å². The minimum Gasteiger partial charge on any atom is -0.462 e. The molecule has 0 saturated carbocycles. The third kappa shape index (κ3) is 3.46. The van der Waals surface area contributed by atoms with Crippen LogP contribution in [0.1, 0.15) is 30.5 Å². The number of rotatable bonds is 5. The Balaban J connectivity index is 1.82. The van der Waals surface area contributed by atoms with E-state index >= 15 is 0 Å². The van der Waals surface area contributed by atoms with Crippen LogP contribution in [-0.2, 0) is 14.8 Å². The Kier molecular flexibility index (Phi) is 5.41. The van der Waals surface area contributed by atoms with Gasteiger partial charge in [-0.1, -0.05) is 41.9 Å². The van der Waals surface area contributed by atoms with Crippen molar-refractivity contribution >= 4 is 32.7 Å². The Bertz CT molecular complexity index is 1370. The average Bonchev–Trinajstić information content (AvgIpc) is 3.15. The van der Waals surface area contributed by atoms with Gasteiger partial charge in [-0.3, -0.25) is 0 Å². The van der Waals surface area contributed by atoms with Crippen LogP contribution in [0.15, 0.2) is 77.8 Å². The van der Waals surface area contributed by atoms with E-state index in [-0.39, 0.29) is 10.8 Å². The number of nitrogens with zero attached hydrogens (tertiary/aromatic N) is 2. The Morgan fingerprint density at radius 3 is 2.56 bits per heavy atom. The van der Waals surface area contributed by atoms with Crippen LogP contribution in [-0.4, -0.2) is 30.3 Å². The van der Waals surface area contributed by atoms with Gasteiger partial charge in [-0.2, -0.15) is 0 Å². The predicted octanol–water partition coefficient (Wildman–Crippen LogP) is 5.20. The molecule has 2 aromatic heterocycles. The van der Waals surface area contributed by atoms with E-state index in [4.69, 9.17) is 21.1 Å². The summed E-state index contributed by atoms with van der Waals surface area (Å²) >= 11 is 6.12. The smallest absolute Gasteiger partial charge is 0.269 e. The lowest BCUT2D eigenvalue weighted by molar-refractivity contribution is -0.0889. The van der Waals surface area contributed by atoms with Crippen LogP contribution in [0.25, 0.3) is 11.0 Å². The average molecular weight is 469 g/mol. The number of benzene rings is 2. The maximum atomic E-state index is 13.8. The van der Waals surface area contributed by atoms with Crippen LogP contribution in [0.4, 0.5) is 0 Å². The Morgan fingerprint density at radius 1 is 1.09 bits per heavy atom. The van der Waals surface area contributed by atoms with E-state index in [1.165, 1.54) is 3.97 Å². The molecule has 8 heteroatoms. The molecule has 0 bridgehead atoms. The van der Waals surface area contributed by atoms with Gasteiger partial charge in [0.25, 0.3) is 10.0 Å².